The molecule has 0 bridgehead atoms. The lowest BCUT2D eigenvalue weighted by molar-refractivity contribution is 0.102. The first-order valence-corrected chi connectivity index (χ1v) is 12.6. The highest BCUT2D eigenvalue weighted by atomic mass is 32.2. The number of rotatable bonds is 6. The number of amides is 1. The standard InChI is InChI=1S/C22H23FN4O3S2/c1-2-15-5-11-19(12-6-15)32(29,30)27-13-3-4-16(14-27)21-25-26-22(31-21)20(28)24-18-9-7-17(23)8-10-18/h5-12,16H,2-4,13-14H2,1H3,(H,24,28). The molecular weight excluding hydrogens is 451 g/mol. The Balaban J connectivity index is 1.46. The maximum atomic E-state index is 13.1. The Hall–Kier alpha value is -2.69. The zero-order valence-corrected chi connectivity index (χ0v) is 19.1. The Bertz CT molecular complexity index is 1190. The minimum absolute atomic E-state index is 0.127. The Morgan fingerprint density at radius 3 is 2.56 bits per heavy atom. The lowest BCUT2D eigenvalue weighted by Gasteiger charge is -2.30. The molecule has 2 aromatic carbocycles. The summed E-state index contributed by atoms with van der Waals surface area (Å²) in [5.41, 5.74) is 1.54. The fourth-order valence-electron chi connectivity index (χ4n) is 3.62. The number of carbonyl (C=O) groups is 1. The molecule has 7 nitrogen and oxygen atoms in total. The van der Waals surface area contributed by atoms with Crippen LogP contribution in [-0.2, 0) is 16.4 Å². The van der Waals surface area contributed by atoms with Crippen LogP contribution in [0, 0.1) is 5.82 Å². The van der Waals surface area contributed by atoms with Gasteiger partial charge in [-0.05, 0) is 61.2 Å². The van der Waals surface area contributed by atoms with Crippen molar-refractivity contribution in [3.63, 3.8) is 0 Å². The predicted molar refractivity (Wildman–Crippen MR) is 121 cm³/mol. The Labute approximate surface area is 190 Å². The zero-order chi connectivity index (χ0) is 22.7. The molecule has 1 atom stereocenters. The highest BCUT2D eigenvalue weighted by Crippen LogP contribution is 2.32. The van der Waals surface area contributed by atoms with Crippen molar-refractivity contribution in [3.8, 4) is 0 Å². The van der Waals surface area contributed by atoms with E-state index in [1.54, 1.807) is 12.1 Å². The number of aromatic nitrogens is 2. The number of carbonyl (C=O) groups excluding carboxylic acids is 1. The van der Waals surface area contributed by atoms with Gasteiger partial charge in [-0.3, -0.25) is 4.79 Å². The molecular formula is C22H23FN4O3S2. The summed E-state index contributed by atoms with van der Waals surface area (Å²) >= 11 is 1.15. The SMILES string of the molecule is CCc1ccc(S(=O)(=O)N2CCCC(c3nnc(C(=O)Nc4ccc(F)cc4)s3)C2)cc1. The number of aryl methyl sites for hydroxylation is 1. The molecule has 1 amide bonds. The first kappa shape index (κ1) is 22.5. The average Bonchev–Trinajstić information content (AvgIpc) is 3.31. The van der Waals surface area contributed by atoms with Crippen molar-refractivity contribution in [3.05, 3.63) is 69.9 Å². The van der Waals surface area contributed by atoms with Gasteiger partial charge in [-0.2, -0.15) is 4.31 Å². The smallest absolute Gasteiger partial charge is 0.286 e. The summed E-state index contributed by atoms with van der Waals surface area (Å²) < 4.78 is 40.7. The minimum Gasteiger partial charge on any atom is -0.320 e. The van der Waals surface area contributed by atoms with Gasteiger partial charge in [0.2, 0.25) is 15.0 Å². The van der Waals surface area contributed by atoms with Crippen LogP contribution in [0.3, 0.4) is 0 Å². The third kappa shape index (κ3) is 4.87. The number of anilines is 1. The maximum absolute atomic E-state index is 13.1. The number of piperidine rings is 1. The molecule has 1 aliphatic rings. The van der Waals surface area contributed by atoms with Crippen LogP contribution in [-0.4, -0.2) is 41.9 Å². The van der Waals surface area contributed by atoms with Crippen LogP contribution < -0.4 is 5.32 Å². The molecule has 1 aromatic heterocycles. The molecule has 1 N–H and O–H groups in total. The van der Waals surface area contributed by atoms with Crippen LogP contribution in [0.5, 0.6) is 0 Å². The van der Waals surface area contributed by atoms with Gasteiger partial charge in [-0.25, -0.2) is 12.8 Å². The van der Waals surface area contributed by atoms with Crippen LogP contribution >= 0.6 is 11.3 Å². The molecule has 1 saturated heterocycles. The normalized spacial score (nSPS) is 17.2. The summed E-state index contributed by atoms with van der Waals surface area (Å²) in [6.45, 7) is 2.77. The summed E-state index contributed by atoms with van der Waals surface area (Å²) in [6, 6.07) is 12.4. The summed E-state index contributed by atoms with van der Waals surface area (Å²) in [5.74, 6) is -0.950. The Morgan fingerprint density at radius 2 is 1.88 bits per heavy atom. The van der Waals surface area contributed by atoms with Gasteiger partial charge in [-0.1, -0.05) is 30.4 Å². The second kappa shape index (κ2) is 9.43. The lowest BCUT2D eigenvalue weighted by Crippen LogP contribution is -2.39. The quantitative estimate of drug-likeness (QED) is 0.582. The monoisotopic (exact) mass is 474 g/mol. The predicted octanol–water partition coefficient (Wildman–Crippen LogP) is 4.06. The number of hydrogen-bond acceptors (Lipinski definition) is 6. The molecule has 1 unspecified atom stereocenters. The number of halogens is 1. The molecule has 0 spiro atoms. The van der Waals surface area contributed by atoms with Gasteiger partial charge < -0.3 is 5.32 Å². The molecule has 0 saturated carbocycles. The van der Waals surface area contributed by atoms with Gasteiger partial charge >= 0.3 is 0 Å². The molecule has 4 rings (SSSR count). The number of benzene rings is 2. The van der Waals surface area contributed by atoms with E-state index < -0.39 is 15.9 Å². The zero-order valence-electron chi connectivity index (χ0n) is 17.5. The molecule has 1 fully saturated rings. The summed E-state index contributed by atoms with van der Waals surface area (Å²) in [6.07, 6.45) is 2.32. The molecule has 0 radical (unpaired) electrons. The largest absolute Gasteiger partial charge is 0.320 e. The molecule has 3 aromatic rings. The average molecular weight is 475 g/mol. The third-order valence-electron chi connectivity index (χ3n) is 5.44. The molecule has 1 aliphatic heterocycles. The van der Waals surface area contributed by atoms with E-state index in [-0.39, 0.29) is 21.6 Å². The van der Waals surface area contributed by atoms with Crippen molar-refractivity contribution in [1.29, 1.82) is 0 Å². The van der Waals surface area contributed by atoms with Crippen molar-refractivity contribution in [1.82, 2.24) is 14.5 Å². The van der Waals surface area contributed by atoms with Crippen molar-refractivity contribution in [2.45, 2.75) is 37.0 Å². The van der Waals surface area contributed by atoms with Gasteiger partial charge in [-0.15, -0.1) is 10.2 Å². The van der Waals surface area contributed by atoms with Gasteiger partial charge in [0.15, 0.2) is 0 Å². The Morgan fingerprint density at radius 1 is 1.16 bits per heavy atom. The molecule has 0 aliphatic carbocycles. The van der Waals surface area contributed by atoms with Crippen molar-refractivity contribution >= 4 is 33.0 Å². The number of nitrogens with one attached hydrogen (secondary N) is 1. The van der Waals surface area contributed by atoms with Crippen molar-refractivity contribution in [2.75, 3.05) is 18.4 Å². The highest BCUT2D eigenvalue weighted by molar-refractivity contribution is 7.89. The first-order chi connectivity index (χ1) is 15.4. The summed E-state index contributed by atoms with van der Waals surface area (Å²) in [5, 5.41) is 11.6. The second-order valence-corrected chi connectivity index (χ2v) is 10.6. The van der Waals surface area contributed by atoms with Crippen LogP contribution in [0.4, 0.5) is 10.1 Å². The van der Waals surface area contributed by atoms with E-state index in [1.807, 2.05) is 19.1 Å². The van der Waals surface area contributed by atoms with Crippen LogP contribution in [0.2, 0.25) is 0 Å². The van der Waals surface area contributed by atoms with E-state index in [4.69, 9.17) is 0 Å². The fraction of sp³-hybridized carbons (Fsp3) is 0.318. The van der Waals surface area contributed by atoms with Crippen LogP contribution in [0.15, 0.2) is 53.4 Å². The van der Waals surface area contributed by atoms with Gasteiger partial charge in [0.1, 0.15) is 10.8 Å². The molecule has 32 heavy (non-hydrogen) atoms. The molecule has 168 valence electrons. The van der Waals surface area contributed by atoms with E-state index in [2.05, 4.69) is 15.5 Å². The number of hydrogen-bond donors (Lipinski definition) is 1. The number of sulfonamides is 1. The van der Waals surface area contributed by atoms with Crippen LogP contribution in [0.25, 0.3) is 0 Å². The Kier molecular flexibility index (Phi) is 6.63. The van der Waals surface area contributed by atoms with Crippen molar-refractivity contribution in [2.24, 2.45) is 0 Å². The van der Waals surface area contributed by atoms with E-state index in [0.29, 0.717) is 30.2 Å². The van der Waals surface area contributed by atoms with E-state index in [0.717, 1.165) is 29.7 Å². The summed E-state index contributed by atoms with van der Waals surface area (Å²) in [4.78, 5) is 12.7. The minimum atomic E-state index is -3.60. The summed E-state index contributed by atoms with van der Waals surface area (Å²) in [7, 11) is -3.60. The van der Waals surface area contributed by atoms with E-state index in [1.165, 1.54) is 28.6 Å². The van der Waals surface area contributed by atoms with Gasteiger partial charge in [0, 0.05) is 24.7 Å². The molecule has 2 heterocycles. The van der Waals surface area contributed by atoms with Crippen LogP contribution in [0.1, 0.15) is 46.1 Å². The maximum Gasteiger partial charge on any atom is 0.286 e. The topological polar surface area (TPSA) is 92.3 Å². The van der Waals surface area contributed by atoms with Gasteiger partial charge in [0.25, 0.3) is 5.91 Å². The van der Waals surface area contributed by atoms with E-state index in [9.17, 15) is 17.6 Å². The fourth-order valence-corrected chi connectivity index (χ4v) is 6.01. The van der Waals surface area contributed by atoms with Gasteiger partial charge in [0.05, 0.1) is 4.90 Å². The lowest BCUT2D eigenvalue weighted by atomic mass is 10.0. The first-order valence-electron chi connectivity index (χ1n) is 10.4. The number of nitrogens with zero attached hydrogens (tertiary/aromatic N) is 3. The van der Waals surface area contributed by atoms with Crippen molar-refractivity contribution < 1.29 is 17.6 Å². The van der Waals surface area contributed by atoms with E-state index >= 15 is 0 Å². The highest BCUT2D eigenvalue weighted by Gasteiger charge is 2.32. The third-order valence-corrected chi connectivity index (χ3v) is 8.40. The second-order valence-electron chi connectivity index (χ2n) is 7.61. The molecule has 10 heteroatoms.